The Labute approximate surface area is 129 Å². The SMILES string of the molecule is O=C(CCCn1ccnc1)N1CCO[C@@H](c2cnccn2)C1. The van der Waals surface area contributed by atoms with Gasteiger partial charge in [0.15, 0.2) is 0 Å². The molecule has 2 aromatic rings. The Hall–Kier alpha value is -2.28. The number of aryl methyl sites for hydroxylation is 1. The summed E-state index contributed by atoms with van der Waals surface area (Å²) in [5.74, 6) is 0.164. The topological polar surface area (TPSA) is 73.1 Å². The van der Waals surface area contributed by atoms with E-state index in [1.54, 1.807) is 31.1 Å². The molecule has 0 saturated carbocycles. The summed E-state index contributed by atoms with van der Waals surface area (Å²) in [5.41, 5.74) is 0.776. The van der Waals surface area contributed by atoms with Crippen molar-refractivity contribution < 1.29 is 9.53 Å². The quantitative estimate of drug-likeness (QED) is 0.825. The number of carbonyl (C=O) groups is 1. The van der Waals surface area contributed by atoms with Gasteiger partial charge in [-0.2, -0.15) is 0 Å². The number of aromatic nitrogens is 4. The molecule has 0 radical (unpaired) electrons. The maximum Gasteiger partial charge on any atom is 0.222 e. The van der Waals surface area contributed by atoms with E-state index in [0.717, 1.165) is 18.7 Å². The standard InChI is InChI=1S/C15H19N5O2/c21-15(2-1-6-19-7-5-17-12-19)20-8-9-22-14(11-20)13-10-16-3-4-18-13/h3-5,7,10,12,14H,1-2,6,8-9,11H2/t14-/m1/s1. The van der Waals surface area contributed by atoms with Gasteiger partial charge >= 0.3 is 0 Å². The van der Waals surface area contributed by atoms with Crippen molar-refractivity contribution in [2.45, 2.75) is 25.5 Å². The predicted molar refractivity (Wildman–Crippen MR) is 78.8 cm³/mol. The maximum absolute atomic E-state index is 12.3. The van der Waals surface area contributed by atoms with Gasteiger partial charge in [0.1, 0.15) is 6.10 Å². The Kier molecular flexibility index (Phi) is 4.75. The van der Waals surface area contributed by atoms with Crippen LogP contribution in [0.25, 0.3) is 0 Å². The number of hydrogen-bond acceptors (Lipinski definition) is 5. The molecule has 22 heavy (non-hydrogen) atoms. The minimum Gasteiger partial charge on any atom is -0.368 e. The van der Waals surface area contributed by atoms with Crippen LogP contribution in [-0.2, 0) is 16.1 Å². The number of hydrogen-bond donors (Lipinski definition) is 0. The number of carbonyl (C=O) groups excluding carboxylic acids is 1. The number of rotatable bonds is 5. The highest BCUT2D eigenvalue weighted by Gasteiger charge is 2.25. The van der Waals surface area contributed by atoms with Crippen molar-refractivity contribution in [2.75, 3.05) is 19.7 Å². The highest BCUT2D eigenvalue weighted by molar-refractivity contribution is 5.76. The van der Waals surface area contributed by atoms with E-state index in [4.69, 9.17) is 4.74 Å². The summed E-state index contributed by atoms with van der Waals surface area (Å²) in [6.07, 6.45) is 11.5. The van der Waals surface area contributed by atoms with Gasteiger partial charge in [0.25, 0.3) is 0 Å². The van der Waals surface area contributed by atoms with Gasteiger partial charge in [-0.1, -0.05) is 0 Å². The van der Waals surface area contributed by atoms with Crippen LogP contribution in [0.5, 0.6) is 0 Å². The molecule has 1 aliphatic heterocycles. The first-order valence-corrected chi connectivity index (χ1v) is 7.44. The first-order valence-electron chi connectivity index (χ1n) is 7.44. The van der Waals surface area contributed by atoms with Crippen LogP contribution in [-0.4, -0.2) is 50.0 Å². The van der Waals surface area contributed by atoms with Crippen molar-refractivity contribution in [1.82, 2.24) is 24.4 Å². The molecular formula is C15H19N5O2. The number of imidazole rings is 1. The Morgan fingerprint density at radius 1 is 1.32 bits per heavy atom. The second-order valence-electron chi connectivity index (χ2n) is 5.23. The van der Waals surface area contributed by atoms with Crippen LogP contribution in [0.1, 0.15) is 24.6 Å². The Balaban J connectivity index is 1.49. The van der Waals surface area contributed by atoms with Crippen LogP contribution in [0.15, 0.2) is 37.3 Å². The second kappa shape index (κ2) is 7.13. The zero-order chi connectivity index (χ0) is 15.2. The zero-order valence-electron chi connectivity index (χ0n) is 12.3. The van der Waals surface area contributed by atoms with Crippen LogP contribution < -0.4 is 0 Å². The number of amides is 1. The van der Waals surface area contributed by atoms with Gasteiger partial charge in [0.2, 0.25) is 5.91 Å². The molecule has 7 heteroatoms. The first kappa shape index (κ1) is 14.6. The van der Waals surface area contributed by atoms with Crippen molar-refractivity contribution in [3.8, 4) is 0 Å². The number of ether oxygens (including phenoxy) is 1. The van der Waals surface area contributed by atoms with Crippen LogP contribution in [0.3, 0.4) is 0 Å². The van der Waals surface area contributed by atoms with Gasteiger partial charge in [-0.15, -0.1) is 0 Å². The van der Waals surface area contributed by atoms with E-state index in [1.165, 1.54) is 0 Å². The first-order chi connectivity index (χ1) is 10.8. The average molecular weight is 301 g/mol. The normalized spacial score (nSPS) is 18.4. The molecule has 0 spiro atoms. The molecule has 3 rings (SSSR count). The summed E-state index contributed by atoms with van der Waals surface area (Å²) in [6.45, 7) is 2.53. The average Bonchev–Trinajstić information content (AvgIpc) is 3.09. The Morgan fingerprint density at radius 3 is 3.05 bits per heavy atom. The number of nitrogens with zero attached hydrogens (tertiary/aromatic N) is 5. The van der Waals surface area contributed by atoms with Crippen LogP contribution in [0, 0.1) is 0 Å². The molecule has 7 nitrogen and oxygen atoms in total. The maximum atomic E-state index is 12.3. The fraction of sp³-hybridized carbons (Fsp3) is 0.467. The van der Waals surface area contributed by atoms with Crippen molar-refractivity contribution in [2.24, 2.45) is 0 Å². The van der Waals surface area contributed by atoms with Crippen molar-refractivity contribution in [3.63, 3.8) is 0 Å². The monoisotopic (exact) mass is 301 g/mol. The van der Waals surface area contributed by atoms with Gasteiger partial charge in [0, 0.05) is 44.3 Å². The fourth-order valence-electron chi connectivity index (χ4n) is 2.52. The third kappa shape index (κ3) is 3.67. The summed E-state index contributed by atoms with van der Waals surface area (Å²) in [5, 5.41) is 0. The second-order valence-corrected chi connectivity index (χ2v) is 5.23. The zero-order valence-corrected chi connectivity index (χ0v) is 12.3. The van der Waals surface area contributed by atoms with E-state index in [2.05, 4.69) is 15.0 Å². The molecule has 1 saturated heterocycles. The largest absolute Gasteiger partial charge is 0.368 e. The Bertz CT molecular complexity index is 587. The van der Waals surface area contributed by atoms with Crippen molar-refractivity contribution >= 4 is 5.91 Å². The van der Waals surface area contributed by atoms with Crippen LogP contribution in [0.2, 0.25) is 0 Å². The van der Waals surface area contributed by atoms with Gasteiger partial charge in [-0.25, -0.2) is 4.98 Å². The van der Waals surface area contributed by atoms with Gasteiger partial charge in [-0.3, -0.25) is 14.8 Å². The van der Waals surface area contributed by atoms with Gasteiger partial charge in [0.05, 0.1) is 31.4 Å². The van der Waals surface area contributed by atoms with E-state index in [9.17, 15) is 4.79 Å². The predicted octanol–water partition coefficient (Wildman–Crippen LogP) is 1.05. The molecule has 1 atom stereocenters. The molecular weight excluding hydrogens is 282 g/mol. The minimum atomic E-state index is -0.181. The van der Waals surface area contributed by atoms with Crippen molar-refractivity contribution in [1.29, 1.82) is 0 Å². The lowest BCUT2D eigenvalue weighted by Crippen LogP contribution is -2.42. The Morgan fingerprint density at radius 2 is 2.27 bits per heavy atom. The third-order valence-electron chi connectivity index (χ3n) is 3.70. The van der Waals surface area contributed by atoms with E-state index in [1.807, 2.05) is 15.7 Å². The lowest BCUT2D eigenvalue weighted by atomic mass is 10.2. The molecule has 1 aliphatic rings. The molecule has 0 unspecified atom stereocenters. The summed E-state index contributed by atoms with van der Waals surface area (Å²) in [4.78, 5) is 26.5. The molecule has 1 amide bonds. The lowest BCUT2D eigenvalue weighted by molar-refractivity contribution is -0.139. The van der Waals surface area contributed by atoms with Crippen LogP contribution >= 0.6 is 0 Å². The smallest absolute Gasteiger partial charge is 0.222 e. The van der Waals surface area contributed by atoms with Gasteiger partial charge < -0.3 is 14.2 Å². The highest BCUT2D eigenvalue weighted by atomic mass is 16.5. The summed E-state index contributed by atoms with van der Waals surface area (Å²) < 4.78 is 7.68. The summed E-state index contributed by atoms with van der Waals surface area (Å²) in [6, 6.07) is 0. The van der Waals surface area contributed by atoms with E-state index in [-0.39, 0.29) is 12.0 Å². The highest BCUT2D eigenvalue weighted by Crippen LogP contribution is 2.20. The summed E-state index contributed by atoms with van der Waals surface area (Å²) in [7, 11) is 0. The van der Waals surface area contributed by atoms with E-state index in [0.29, 0.717) is 26.1 Å². The molecule has 3 heterocycles. The lowest BCUT2D eigenvalue weighted by Gasteiger charge is -2.32. The molecule has 0 aliphatic carbocycles. The van der Waals surface area contributed by atoms with Crippen LogP contribution in [0.4, 0.5) is 0 Å². The minimum absolute atomic E-state index is 0.164. The molecule has 116 valence electrons. The summed E-state index contributed by atoms with van der Waals surface area (Å²) >= 11 is 0. The molecule has 1 fully saturated rings. The fourth-order valence-corrected chi connectivity index (χ4v) is 2.52. The molecule has 2 aromatic heterocycles. The number of morpholine rings is 1. The van der Waals surface area contributed by atoms with E-state index >= 15 is 0 Å². The van der Waals surface area contributed by atoms with E-state index < -0.39 is 0 Å². The molecule has 0 aromatic carbocycles. The van der Waals surface area contributed by atoms with Crippen molar-refractivity contribution in [3.05, 3.63) is 43.0 Å². The molecule has 0 N–H and O–H groups in total. The third-order valence-corrected chi connectivity index (χ3v) is 3.70. The van der Waals surface area contributed by atoms with Gasteiger partial charge in [-0.05, 0) is 6.42 Å². The molecule has 0 bridgehead atoms.